The van der Waals surface area contributed by atoms with Gasteiger partial charge < -0.3 is 9.64 Å². The molecule has 10 heteroatoms. The van der Waals surface area contributed by atoms with Crippen molar-refractivity contribution in [1.29, 1.82) is 0 Å². The molecule has 0 amide bonds. The molecule has 63 heavy (non-hydrogen) atoms. The van der Waals surface area contributed by atoms with E-state index in [1.165, 1.54) is 6.08 Å². The number of ketones is 5. The van der Waals surface area contributed by atoms with Gasteiger partial charge in [0.05, 0.1) is 11.9 Å². The van der Waals surface area contributed by atoms with Gasteiger partial charge in [0, 0.05) is 48.7 Å². The van der Waals surface area contributed by atoms with Crippen molar-refractivity contribution < 1.29 is 37.1 Å². The minimum absolute atomic E-state index is 0.0556. The molecule has 0 spiro atoms. The summed E-state index contributed by atoms with van der Waals surface area (Å²) in [5, 5.41) is 0.815. The van der Waals surface area contributed by atoms with E-state index in [1.807, 2.05) is 87.4 Å². The van der Waals surface area contributed by atoms with Gasteiger partial charge in [0.25, 0.3) is 0 Å². The molecule has 0 aromatic rings. The number of ether oxygens (including phenoxy) is 1. The van der Waals surface area contributed by atoms with Gasteiger partial charge in [-0.15, -0.1) is 6.42 Å². The fraction of sp³-hybridized carbons (Fsp3) is 0.679. The quantitative estimate of drug-likeness (QED) is 0.0449. The number of allylic oxidation sites excluding steroid dienone is 5. The van der Waals surface area contributed by atoms with Crippen molar-refractivity contribution in [2.45, 2.75) is 172 Å². The third-order valence-corrected chi connectivity index (χ3v) is 12.5. The lowest BCUT2D eigenvalue weighted by atomic mass is 9.98. The fourth-order valence-electron chi connectivity index (χ4n) is 5.81. The Morgan fingerprint density at radius 1 is 0.571 bits per heavy atom. The Labute approximate surface area is 389 Å². The van der Waals surface area contributed by atoms with Gasteiger partial charge in [-0.1, -0.05) is 114 Å². The lowest BCUT2D eigenvalue weighted by Gasteiger charge is -2.08. The summed E-state index contributed by atoms with van der Waals surface area (Å²) in [4.78, 5) is 57.6. The number of sulfone groups is 1. The van der Waals surface area contributed by atoms with Gasteiger partial charge in [0.15, 0.2) is 33.0 Å². The summed E-state index contributed by atoms with van der Waals surface area (Å²) < 4.78 is 26.9. The summed E-state index contributed by atoms with van der Waals surface area (Å²) in [6, 6.07) is 0. The van der Waals surface area contributed by atoms with Crippen molar-refractivity contribution >= 4 is 38.8 Å². The van der Waals surface area contributed by atoms with Crippen molar-refractivity contribution in [2.75, 3.05) is 34.4 Å². The van der Waals surface area contributed by atoms with E-state index >= 15 is 0 Å². The first kappa shape index (κ1) is 71.1. The van der Waals surface area contributed by atoms with Crippen molar-refractivity contribution in [3.05, 3.63) is 61.1 Å². The van der Waals surface area contributed by atoms with Crippen LogP contribution in [-0.4, -0.2) is 81.8 Å². The Morgan fingerprint density at radius 3 is 1.11 bits per heavy atom. The lowest BCUT2D eigenvalue weighted by molar-refractivity contribution is -0.119. The number of likely N-dealkylation sites (N-methyl/N-ethyl adjacent to an activating group) is 1. The van der Waals surface area contributed by atoms with Crippen LogP contribution in [0, 0.1) is 41.9 Å². The Hall–Kier alpha value is -3.52. The second-order valence-electron chi connectivity index (χ2n) is 15.1. The zero-order valence-electron chi connectivity index (χ0n) is 43.1. The van der Waals surface area contributed by atoms with Crippen LogP contribution in [0.1, 0.15) is 167 Å². The molecule has 0 unspecified atom stereocenters. The minimum Gasteiger partial charge on any atom is -0.381 e. The SMILES string of the molecule is C#CC(=O)C(CC)CC.C/C=C/C(=O)C(CC)CC.C=CC(=O)C(CC)CC.C=CS(=O)(=O)C(CC)CC.CCC(CC)C(=O)/C=C/CN(C)C.CCC(CC)C(=O)/C=C/COC. The summed E-state index contributed by atoms with van der Waals surface area (Å²) in [5.74, 6) is 3.98. The fourth-order valence-corrected chi connectivity index (χ4v) is 7.01. The number of rotatable bonds is 27. The number of hydrogen-bond acceptors (Lipinski definition) is 9. The van der Waals surface area contributed by atoms with Crippen LogP contribution in [0.5, 0.6) is 0 Å². The monoisotopic (exact) mass is 906 g/mol. The molecule has 0 saturated carbocycles. The maximum Gasteiger partial charge on any atom is 0.208 e. The van der Waals surface area contributed by atoms with E-state index in [9.17, 15) is 32.4 Å². The zero-order chi connectivity index (χ0) is 50.4. The Kier molecular flexibility index (Phi) is 55.9. The van der Waals surface area contributed by atoms with Crippen LogP contribution in [0.15, 0.2) is 61.1 Å². The predicted molar refractivity (Wildman–Crippen MR) is 271 cm³/mol. The van der Waals surface area contributed by atoms with E-state index in [2.05, 4.69) is 46.8 Å². The summed E-state index contributed by atoms with van der Waals surface area (Å²) in [6.07, 6.45) is 27.4. The highest BCUT2D eigenvalue weighted by Gasteiger charge is 2.17. The maximum atomic E-state index is 11.5. The number of methoxy groups -OCH3 is 1. The first-order chi connectivity index (χ1) is 29.7. The molecule has 0 heterocycles. The molecule has 0 fully saturated rings. The second-order valence-corrected chi connectivity index (χ2v) is 17.3. The smallest absolute Gasteiger partial charge is 0.208 e. The van der Waals surface area contributed by atoms with Crippen LogP contribution in [0.4, 0.5) is 0 Å². The van der Waals surface area contributed by atoms with Crippen LogP contribution in [0.25, 0.3) is 0 Å². The lowest BCUT2D eigenvalue weighted by Crippen LogP contribution is -2.16. The van der Waals surface area contributed by atoms with Gasteiger partial charge in [0.1, 0.15) is 0 Å². The molecule has 0 aliphatic heterocycles. The topological polar surface area (TPSA) is 132 Å². The van der Waals surface area contributed by atoms with Crippen LogP contribution >= 0.6 is 0 Å². The van der Waals surface area contributed by atoms with Gasteiger partial charge in [-0.05, 0) is 128 Å². The van der Waals surface area contributed by atoms with Crippen molar-refractivity contribution in [1.82, 2.24) is 4.90 Å². The van der Waals surface area contributed by atoms with Crippen LogP contribution < -0.4 is 0 Å². The van der Waals surface area contributed by atoms with Crippen LogP contribution in [-0.2, 0) is 38.5 Å². The van der Waals surface area contributed by atoms with Gasteiger partial charge in [-0.3, -0.25) is 24.0 Å². The molecule has 0 atom stereocenters. The molecule has 9 nitrogen and oxygen atoms in total. The third-order valence-electron chi connectivity index (χ3n) is 10.5. The summed E-state index contributed by atoms with van der Waals surface area (Å²) in [6.45, 7) is 34.0. The Morgan fingerprint density at radius 2 is 0.905 bits per heavy atom. The van der Waals surface area contributed by atoms with E-state index < -0.39 is 9.84 Å². The second kappa shape index (κ2) is 49.5. The highest BCUT2D eigenvalue weighted by Crippen LogP contribution is 2.13. The number of Topliss-reactive ketones (excluding diaryl/α,β-unsaturated/α-hetero) is 1. The van der Waals surface area contributed by atoms with E-state index in [-0.39, 0.29) is 63.8 Å². The molecule has 0 saturated heterocycles. The first-order valence-electron chi connectivity index (χ1n) is 23.5. The number of terminal acetylenes is 1. The number of hydrogen-bond donors (Lipinski definition) is 0. The summed E-state index contributed by atoms with van der Waals surface area (Å²) >= 11 is 0. The number of carbonyl (C=O) groups excluding carboxylic acids is 5. The standard InChI is InChI=1S/C11H21NO.C10H18O2.C9H16O.C8H14O.C8H12O.C7H14O2S/c1-5-10(6-2)11(13)8-7-9-12(3)4;1-4-9(5-2)10(11)7-6-8-12-3;1-4-7-9(10)8(5-2)6-3;2*1-4-7(5-2)8(9)6-3;1-4-7(5-2)10(8,9)6-3/h7-8,10H,5-6,9H2,1-4H3;6-7,9H,4-5,8H2,1-3H3;4,7-8H,5-6H2,1-3H3;6-7H,3-5H2,1-2H3;3,7H,4-5H2,1-2H3;6-7H,3-5H2,1-2H3/b8-7+;7-6+;7-4+;;;. The summed E-state index contributed by atoms with van der Waals surface area (Å²) in [7, 11) is 2.60. The van der Waals surface area contributed by atoms with Crippen LogP contribution in [0.3, 0.4) is 0 Å². The van der Waals surface area contributed by atoms with Gasteiger partial charge >= 0.3 is 0 Å². The summed E-state index contributed by atoms with van der Waals surface area (Å²) in [5.41, 5.74) is 0. The molecule has 366 valence electrons. The molecule has 0 aliphatic rings. The average molecular weight is 906 g/mol. The van der Waals surface area contributed by atoms with Crippen LogP contribution in [0.2, 0.25) is 0 Å². The molecule has 0 aromatic carbocycles. The minimum atomic E-state index is -3.00. The van der Waals surface area contributed by atoms with E-state index in [0.29, 0.717) is 19.4 Å². The molecular formula is C53H95NO8S. The number of nitrogens with zero attached hydrogens (tertiary/aromatic N) is 1. The first-order valence-corrected chi connectivity index (χ1v) is 25.1. The van der Waals surface area contributed by atoms with Gasteiger partial charge in [-0.25, -0.2) is 8.42 Å². The normalized spacial score (nSPS) is 11.0. The third kappa shape index (κ3) is 41.0. The van der Waals surface area contributed by atoms with Crippen molar-refractivity contribution in [2.24, 2.45) is 29.6 Å². The largest absolute Gasteiger partial charge is 0.381 e. The maximum absolute atomic E-state index is 11.5. The molecule has 0 rings (SSSR count). The van der Waals surface area contributed by atoms with Gasteiger partial charge in [-0.2, -0.15) is 0 Å². The molecule has 0 radical (unpaired) electrons. The Balaban J connectivity index is -0.000000156. The predicted octanol–water partition coefficient (Wildman–Crippen LogP) is 12.4. The highest BCUT2D eigenvalue weighted by atomic mass is 32.2. The molecule has 0 N–H and O–H groups in total. The van der Waals surface area contributed by atoms with E-state index in [0.717, 1.165) is 76.2 Å². The zero-order valence-corrected chi connectivity index (χ0v) is 43.9. The number of carbonyl (C=O) groups is 5. The molecule has 0 bridgehead atoms. The Bertz CT molecular complexity index is 1410. The molecule has 0 aromatic heterocycles. The molecule has 0 aliphatic carbocycles. The highest BCUT2D eigenvalue weighted by molar-refractivity contribution is 7.94. The molecular weight excluding hydrogens is 811 g/mol. The van der Waals surface area contributed by atoms with Gasteiger partial charge in [0.2, 0.25) is 5.78 Å². The average Bonchev–Trinajstić information content (AvgIpc) is 3.27. The van der Waals surface area contributed by atoms with E-state index in [1.54, 1.807) is 37.5 Å². The van der Waals surface area contributed by atoms with Crippen molar-refractivity contribution in [3.63, 3.8) is 0 Å². The van der Waals surface area contributed by atoms with Crippen molar-refractivity contribution in [3.8, 4) is 12.3 Å². The van der Waals surface area contributed by atoms with E-state index in [4.69, 9.17) is 11.2 Å².